The Kier molecular flexibility index (Phi) is 4.01. The number of nitrogens with zero attached hydrogens (tertiary/aromatic N) is 1. The molecule has 5 nitrogen and oxygen atoms in total. The first-order valence-electron chi connectivity index (χ1n) is 8.05. The number of aromatic amines is 1. The molecule has 2 saturated heterocycles. The number of rotatable bonds is 2. The lowest BCUT2D eigenvalue weighted by Crippen LogP contribution is -2.50. The van der Waals surface area contributed by atoms with E-state index in [-0.39, 0.29) is 18.2 Å². The van der Waals surface area contributed by atoms with Crippen LogP contribution in [-0.4, -0.2) is 47.9 Å². The summed E-state index contributed by atoms with van der Waals surface area (Å²) in [4.78, 5) is 18.1. The molecule has 2 aromatic rings. The first-order valence-corrected chi connectivity index (χ1v) is 8.42. The number of fused-ring (bicyclic) bond motifs is 1. The van der Waals surface area contributed by atoms with Gasteiger partial charge >= 0.3 is 0 Å². The molecular weight excluding hydrogens is 316 g/mol. The number of piperidine rings is 1. The molecule has 1 aromatic heterocycles. The van der Waals surface area contributed by atoms with Crippen molar-refractivity contribution in [1.82, 2.24) is 9.88 Å². The predicted octanol–water partition coefficient (Wildman–Crippen LogP) is 3.19. The minimum absolute atomic E-state index is 0.00104. The summed E-state index contributed by atoms with van der Waals surface area (Å²) in [5.74, 6) is 0.00104. The quantitative estimate of drug-likeness (QED) is 0.917. The summed E-state index contributed by atoms with van der Waals surface area (Å²) in [5, 5.41) is 1.61. The van der Waals surface area contributed by atoms with Gasteiger partial charge in [-0.1, -0.05) is 11.6 Å². The molecule has 23 heavy (non-hydrogen) atoms. The van der Waals surface area contributed by atoms with E-state index >= 15 is 0 Å². The number of hydrogen-bond acceptors (Lipinski definition) is 3. The predicted molar refractivity (Wildman–Crippen MR) is 87.7 cm³/mol. The van der Waals surface area contributed by atoms with Gasteiger partial charge in [-0.25, -0.2) is 0 Å². The molecule has 1 unspecified atom stereocenters. The summed E-state index contributed by atoms with van der Waals surface area (Å²) in [5.41, 5.74) is 1.51. The number of aromatic nitrogens is 1. The van der Waals surface area contributed by atoms with Crippen LogP contribution in [0.4, 0.5) is 0 Å². The van der Waals surface area contributed by atoms with Crippen molar-refractivity contribution in [3.63, 3.8) is 0 Å². The highest BCUT2D eigenvalue weighted by molar-refractivity contribution is 6.31. The second kappa shape index (κ2) is 6.15. The fourth-order valence-corrected chi connectivity index (χ4v) is 3.65. The zero-order valence-corrected chi connectivity index (χ0v) is 13.5. The molecule has 3 heterocycles. The number of carbonyl (C=O) groups excluding carboxylic acids is 1. The Balaban J connectivity index is 1.62. The third-order valence-corrected chi connectivity index (χ3v) is 4.82. The van der Waals surface area contributed by atoms with Crippen molar-refractivity contribution in [2.75, 3.05) is 19.8 Å². The maximum absolute atomic E-state index is 13.0. The Bertz CT molecular complexity index is 724. The zero-order chi connectivity index (χ0) is 15.8. The van der Waals surface area contributed by atoms with E-state index in [1.807, 2.05) is 29.2 Å². The van der Waals surface area contributed by atoms with Crippen LogP contribution in [0.15, 0.2) is 24.3 Å². The molecule has 2 fully saturated rings. The highest BCUT2D eigenvalue weighted by Gasteiger charge is 2.36. The summed E-state index contributed by atoms with van der Waals surface area (Å²) in [7, 11) is 0. The number of likely N-dealkylation sites (tertiary alicyclic amines) is 1. The van der Waals surface area contributed by atoms with Crippen LogP contribution in [0, 0.1) is 0 Å². The lowest BCUT2D eigenvalue weighted by atomic mass is 10.0. The number of ether oxygens (including phenoxy) is 2. The topological polar surface area (TPSA) is 54.6 Å². The number of benzene rings is 1. The van der Waals surface area contributed by atoms with Gasteiger partial charge in [0.05, 0.1) is 19.3 Å². The monoisotopic (exact) mass is 334 g/mol. The van der Waals surface area contributed by atoms with Gasteiger partial charge in [-0.15, -0.1) is 0 Å². The van der Waals surface area contributed by atoms with E-state index in [1.165, 1.54) is 0 Å². The van der Waals surface area contributed by atoms with E-state index in [2.05, 4.69) is 4.98 Å². The fourth-order valence-electron chi connectivity index (χ4n) is 3.46. The lowest BCUT2D eigenvalue weighted by Gasteiger charge is -2.37. The molecule has 0 spiro atoms. The van der Waals surface area contributed by atoms with Crippen LogP contribution in [0.25, 0.3) is 10.9 Å². The number of amides is 1. The van der Waals surface area contributed by atoms with Gasteiger partial charge in [0, 0.05) is 22.5 Å². The van der Waals surface area contributed by atoms with Crippen LogP contribution in [0.1, 0.15) is 29.8 Å². The summed E-state index contributed by atoms with van der Waals surface area (Å²) in [6.07, 6.45) is 2.74. The number of nitrogens with one attached hydrogen (secondary N) is 1. The van der Waals surface area contributed by atoms with Gasteiger partial charge in [0.2, 0.25) is 0 Å². The Morgan fingerprint density at radius 3 is 2.87 bits per heavy atom. The maximum atomic E-state index is 13.0. The normalized spacial score (nSPS) is 22.8. The second-order valence-electron chi connectivity index (χ2n) is 6.09. The van der Waals surface area contributed by atoms with Gasteiger partial charge in [-0.2, -0.15) is 0 Å². The Labute approximate surface area is 139 Å². The average molecular weight is 335 g/mol. The molecule has 122 valence electrons. The molecule has 0 bridgehead atoms. The molecule has 1 atom stereocenters. The fraction of sp³-hybridized carbons (Fsp3) is 0.471. The largest absolute Gasteiger partial charge is 0.351 e. The van der Waals surface area contributed by atoms with Gasteiger partial charge in [-0.05, 0) is 43.5 Å². The van der Waals surface area contributed by atoms with Crippen molar-refractivity contribution < 1.29 is 14.3 Å². The molecule has 0 saturated carbocycles. The molecule has 4 rings (SSSR count). The van der Waals surface area contributed by atoms with Crippen molar-refractivity contribution in [2.24, 2.45) is 0 Å². The number of H-pyrrole nitrogens is 1. The van der Waals surface area contributed by atoms with Gasteiger partial charge in [0.1, 0.15) is 5.69 Å². The highest BCUT2D eigenvalue weighted by Crippen LogP contribution is 2.27. The lowest BCUT2D eigenvalue weighted by molar-refractivity contribution is -0.100. The van der Waals surface area contributed by atoms with Crippen molar-refractivity contribution in [2.45, 2.75) is 31.6 Å². The van der Waals surface area contributed by atoms with Crippen LogP contribution < -0.4 is 0 Å². The first-order chi connectivity index (χ1) is 11.2. The first kappa shape index (κ1) is 15.0. The molecule has 0 aliphatic carbocycles. The van der Waals surface area contributed by atoms with Gasteiger partial charge < -0.3 is 19.4 Å². The minimum atomic E-state index is -0.293. The van der Waals surface area contributed by atoms with Crippen LogP contribution in [0.5, 0.6) is 0 Å². The average Bonchev–Trinajstić information content (AvgIpc) is 3.23. The summed E-state index contributed by atoms with van der Waals surface area (Å²) in [6, 6.07) is 7.44. The number of hydrogen-bond donors (Lipinski definition) is 1. The van der Waals surface area contributed by atoms with Crippen LogP contribution >= 0.6 is 11.6 Å². The third-order valence-electron chi connectivity index (χ3n) is 4.59. The van der Waals surface area contributed by atoms with E-state index in [0.717, 1.165) is 36.7 Å². The van der Waals surface area contributed by atoms with Crippen molar-refractivity contribution in [3.8, 4) is 0 Å². The SMILES string of the molecule is O=C(c1cc2cc(Cl)ccc2[nH]1)N1CCCCC1C1OCCO1. The van der Waals surface area contributed by atoms with E-state index in [1.54, 1.807) is 0 Å². The molecule has 1 amide bonds. The molecule has 2 aliphatic rings. The highest BCUT2D eigenvalue weighted by atomic mass is 35.5. The number of carbonyl (C=O) groups is 1. The Morgan fingerprint density at radius 2 is 2.04 bits per heavy atom. The minimum Gasteiger partial charge on any atom is -0.351 e. The van der Waals surface area contributed by atoms with Crippen LogP contribution in [-0.2, 0) is 9.47 Å². The van der Waals surface area contributed by atoms with Gasteiger partial charge in [0.25, 0.3) is 5.91 Å². The molecule has 6 heteroatoms. The number of halogens is 1. The van der Waals surface area contributed by atoms with Crippen molar-refractivity contribution >= 4 is 28.4 Å². The van der Waals surface area contributed by atoms with Crippen LogP contribution in [0.2, 0.25) is 5.02 Å². The molecular formula is C17H19ClN2O3. The molecule has 1 N–H and O–H groups in total. The van der Waals surface area contributed by atoms with E-state index in [4.69, 9.17) is 21.1 Å². The molecule has 2 aliphatic heterocycles. The van der Waals surface area contributed by atoms with Gasteiger partial charge in [-0.3, -0.25) is 4.79 Å². The Morgan fingerprint density at radius 1 is 1.22 bits per heavy atom. The maximum Gasteiger partial charge on any atom is 0.270 e. The van der Waals surface area contributed by atoms with Crippen LogP contribution in [0.3, 0.4) is 0 Å². The van der Waals surface area contributed by atoms with E-state index in [0.29, 0.717) is 23.9 Å². The molecule has 0 radical (unpaired) electrons. The zero-order valence-electron chi connectivity index (χ0n) is 12.8. The van der Waals surface area contributed by atoms with E-state index in [9.17, 15) is 4.79 Å². The summed E-state index contributed by atoms with van der Waals surface area (Å²) < 4.78 is 11.3. The van der Waals surface area contributed by atoms with Gasteiger partial charge in [0.15, 0.2) is 6.29 Å². The molecule has 1 aromatic carbocycles. The van der Waals surface area contributed by atoms with Crippen molar-refractivity contribution in [3.05, 3.63) is 35.0 Å². The van der Waals surface area contributed by atoms with Crippen molar-refractivity contribution in [1.29, 1.82) is 0 Å². The third kappa shape index (κ3) is 2.84. The smallest absolute Gasteiger partial charge is 0.270 e. The second-order valence-corrected chi connectivity index (χ2v) is 6.52. The Hall–Kier alpha value is -1.56. The van der Waals surface area contributed by atoms with E-state index < -0.39 is 0 Å². The summed E-state index contributed by atoms with van der Waals surface area (Å²) >= 11 is 6.02. The summed E-state index contributed by atoms with van der Waals surface area (Å²) in [6.45, 7) is 1.95. The standard InChI is InChI=1S/C17H19ClN2O3/c18-12-4-5-13-11(9-12)10-14(19-13)16(21)20-6-2-1-3-15(20)17-22-7-8-23-17/h4-5,9-10,15,17,19H,1-3,6-8H2.